The highest BCUT2D eigenvalue weighted by atomic mass is 79.9. The summed E-state index contributed by atoms with van der Waals surface area (Å²) in [5.74, 6) is 1.17. The van der Waals surface area contributed by atoms with Gasteiger partial charge >= 0.3 is 0 Å². The summed E-state index contributed by atoms with van der Waals surface area (Å²) in [6.07, 6.45) is 0. The molecular weight excluding hydrogens is 320 g/mol. The zero-order valence-electron chi connectivity index (χ0n) is 10.9. The standard InChI is InChI=1S/C15H13BrN2O2/c1-19-14-4-2-10(6-11(14)8-17)9-20-15-5-3-12(16)7-13(15)18/h2-7H,9,18H2,1H3. The molecule has 0 saturated carbocycles. The fraction of sp³-hybridized carbons (Fsp3) is 0.133. The molecule has 2 aromatic rings. The molecule has 0 aliphatic heterocycles. The summed E-state index contributed by atoms with van der Waals surface area (Å²) in [5.41, 5.74) is 7.79. The average Bonchev–Trinajstić information content (AvgIpc) is 2.46. The quantitative estimate of drug-likeness (QED) is 0.870. The van der Waals surface area contributed by atoms with E-state index in [1.165, 1.54) is 7.11 Å². The number of nitrogens with two attached hydrogens (primary N) is 1. The first-order valence-electron chi connectivity index (χ1n) is 5.89. The van der Waals surface area contributed by atoms with Crippen molar-refractivity contribution in [2.75, 3.05) is 12.8 Å². The molecule has 0 fully saturated rings. The van der Waals surface area contributed by atoms with Crippen LogP contribution in [0, 0.1) is 11.3 Å². The minimum Gasteiger partial charge on any atom is -0.495 e. The number of ether oxygens (including phenoxy) is 2. The monoisotopic (exact) mass is 332 g/mol. The van der Waals surface area contributed by atoms with Gasteiger partial charge in [-0.2, -0.15) is 5.26 Å². The Morgan fingerprint density at radius 1 is 1.20 bits per heavy atom. The van der Waals surface area contributed by atoms with Crippen LogP contribution in [0.2, 0.25) is 0 Å². The number of hydrogen-bond donors (Lipinski definition) is 1. The van der Waals surface area contributed by atoms with Crippen LogP contribution in [0.5, 0.6) is 11.5 Å². The fourth-order valence-corrected chi connectivity index (χ4v) is 2.12. The smallest absolute Gasteiger partial charge is 0.142 e. The van der Waals surface area contributed by atoms with Crippen LogP contribution >= 0.6 is 15.9 Å². The number of nitrogens with zero attached hydrogens (tertiary/aromatic N) is 1. The van der Waals surface area contributed by atoms with Crippen LogP contribution in [0.4, 0.5) is 5.69 Å². The Hall–Kier alpha value is -2.19. The Bertz CT molecular complexity index is 665. The minimum atomic E-state index is 0.338. The van der Waals surface area contributed by atoms with Crippen LogP contribution in [0.1, 0.15) is 11.1 Å². The second-order valence-electron chi connectivity index (χ2n) is 4.12. The number of nitriles is 1. The van der Waals surface area contributed by atoms with Crippen LogP contribution in [0.3, 0.4) is 0 Å². The Morgan fingerprint density at radius 3 is 2.60 bits per heavy atom. The van der Waals surface area contributed by atoms with Crippen LogP contribution in [0.15, 0.2) is 40.9 Å². The van der Waals surface area contributed by atoms with Crippen LogP contribution < -0.4 is 15.2 Å². The topological polar surface area (TPSA) is 68.3 Å². The number of hydrogen-bond acceptors (Lipinski definition) is 4. The first kappa shape index (κ1) is 14.2. The average molecular weight is 333 g/mol. The van der Waals surface area contributed by atoms with Crippen molar-refractivity contribution in [3.63, 3.8) is 0 Å². The first-order chi connectivity index (χ1) is 9.63. The molecule has 2 rings (SSSR count). The molecule has 0 saturated heterocycles. The lowest BCUT2D eigenvalue weighted by Gasteiger charge is -2.10. The SMILES string of the molecule is COc1ccc(COc2ccc(Br)cc2N)cc1C#N. The Balaban J connectivity index is 2.13. The molecule has 2 aromatic carbocycles. The molecular formula is C15H13BrN2O2. The van der Waals surface area contributed by atoms with Crippen molar-refractivity contribution >= 4 is 21.6 Å². The van der Waals surface area contributed by atoms with Gasteiger partial charge in [-0.1, -0.05) is 22.0 Å². The van der Waals surface area contributed by atoms with Crippen LogP contribution in [-0.2, 0) is 6.61 Å². The summed E-state index contributed by atoms with van der Waals surface area (Å²) in [7, 11) is 1.54. The Kier molecular flexibility index (Phi) is 4.49. The third-order valence-electron chi connectivity index (χ3n) is 2.75. The lowest BCUT2D eigenvalue weighted by atomic mass is 10.1. The summed E-state index contributed by atoms with van der Waals surface area (Å²) in [6, 6.07) is 12.9. The largest absolute Gasteiger partial charge is 0.495 e. The maximum Gasteiger partial charge on any atom is 0.142 e. The number of nitrogen functional groups attached to an aromatic ring is 1. The molecule has 0 heterocycles. The maximum absolute atomic E-state index is 9.04. The predicted molar refractivity (Wildman–Crippen MR) is 80.6 cm³/mol. The van der Waals surface area contributed by atoms with Crippen molar-refractivity contribution in [1.29, 1.82) is 5.26 Å². The second-order valence-corrected chi connectivity index (χ2v) is 5.03. The Morgan fingerprint density at radius 2 is 1.95 bits per heavy atom. The zero-order valence-corrected chi connectivity index (χ0v) is 12.5. The lowest BCUT2D eigenvalue weighted by molar-refractivity contribution is 0.307. The van der Waals surface area contributed by atoms with Gasteiger partial charge in [0.2, 0.25) is 0 Å². The van der Waals surface area contributed by atoms with Crippen molar-refractivity contribution in [2.45, 2.75) is 6.61 Å². The first-order valence-corrected chi connectivity index (χ1v) is 6.68. The van der Waals surface area contributed by atoms with Crippen molar-refractivity contribution in [3.05, 3.63) is 52.0 Å². The molecule has 0 spiro atoms. The number of anilines is 1. The summed E-state index contributed by atoms with van der Waals surface area (Å²) in [5, 5.41) is 9.04. The third kappa shape index (κ3) is 3.22. The van der Waals surface area contributed by atoms with E-state index in [9.17, 15) is 0 Å². The van der Waals surface area contributed by atoms with Gasteiger partial charge in [0.1, 0.15) is 24.2 Å². The van der Waals surface area contributed by atoms with Crippen molar-refractivity contribution in [2.24, 2.45) is 0 Å². The zero-order chi connectivity index (χ0) is 14.5. The lowest BCUT2D eigenvalue weighted by Crippen LogP contribution is -1.99. The summed E-state index contributed by atoms with van der Waals surface area (Å²) in [4.78, 5) is 0. The van der Waals surface area contributed by atoms with Gasteiger partial charge in [-0.3, -0.25) is 0 Å². The van der Waals surface area contributed by atoms with E-state index in [2.05, 4.69) is 22.0 Å². The summed E-state index contributed by atoms with van der Waals surface area (Å²) in [6.45, 7) is 0.338. The molecule has 0 bridgehead atoms. The van der Waals surface area contributed by atoms with Crippen molar-refractivity contribution in [3.8, 4) is 17.6 Å². The molecule has 2 N–H and O–H groups in total. The molecule has 4 nitrogen and oxygen atoms in total. The van der Waals surface area contributed by atoms with Gasteiger partial charge in [0, 0.05) is 4.47 Å². The van der Waals surface area contributed by atoms with Crippen LogP contribution in [0.25, 0.3) is 0 Å². The van der Waals surface area contributed by atoms with E-state index in [-0.39, 0.29) is 0 Å². The van der Waals surface area contributed by atoms with E-state index >= 15 is 0 Å². The van der Waals surface area contributed by atoms with E-state index in [0.717, 1.165) is 10.0 Å². The number of halogens is 1. The molecule has 0 aliphatic rings. The van der Waals surface area contributed by atoms with E-state index in [1.54, 1.807) is 24.3 Å². The van der Waals surface area contributed by atoms with E-state index in [0.29, 0.717) is 29.4 Å². The van der Waals surface area contributed by atoms with Gasteiger partial charge in [0.05, 0.1) is 18.4 Å². The van der Waals surface area contributed by atoms with Crippen molar-refractivity contribution < 1.29 is 9.47 Å². The molecule has 0 atom stereocenters. The van der Waals surface area contributed by atoms with E-state index < -0.39 is 0 Å². The molecule has 102 valence electrons. The van der Waals surface area contributed by atoms with Gasteiger partial charge in [0.25, 0.3) is 0 Å². The highest BCUT2D eigenvalue weighted by Gasteiger charge is 2.06. The van der Waals surface area contributed by atoms with Crippen molar-refractivity contribution in [1.82, 2.24) is 0 Å². The minimum absolute atomic E-state index is 0.338. The highest BCUT2D eigenvalue weighted by Crippen LogP contribution is 2.26. The molecule has 0 aromatic heterocycles. The van der Waals surface area contributed by atoms with E-state index in [1.807, 2.05) is 12.1 Å². The van der Waals surface area contributed by atoms with Gasteiger partial charge in [0.15, 0.2) is 0 Å². The predicted octanol–water partition coefficient (Wildman–Crippen LogP) is 3.49. The fourth-order valence-electron chi connectivity index (χ4n) is 1.74. The molecule has 0 aliphatic carbocycles. The highest BCUT2D eigenvalue weighted by molar-refractivity contribution is 9.10. The Labute approximate surface area is 125 Å². The summed E-state index contributed by atoms with van der Waals surface area (Å²) >= 11 is 3.34. The number of benzene rings is 2. The molecule has 0 unspecified atom stereocenters. The molecule has 20 heavy (non-hydrogen) atoms. The number of methoxy groups -OCH3 is 1. The van der Waals surface area contributed by atoms with E-state index in [4.69, 9.17) is 20.5 Å². The normalized spacial score (nSPS) is 9.85. The third-order valence-corrected chi connectivity index (χ3v) is 3.24. The maximum atomic E-state index is 9.04. The summed E-state index contributed by atoms with van der Waals surface area (Å²) < 4.78 is 11.7. The van der Waals surface area contributed by atoms with Gasteiger partial charge < -0.3 is 15.2 Å². The van der Waals surface area contributed by atoms with Gasteiger partial charge in [-0.25, -0.2) is 0 Å². The molecule has 0 amide bonds. The van der Waals surface area contributed by atoms with Gasteiger partial charge in [-0.05, 0) is 35.9 Å². The van der Waals surface area contributed by atoms with Gasteiger partial charge in [-0.15, -0.1) is 0 Å². The number of rotatable bonds is 4. The van der Waals surface area contributed by atoms with Crippen LogP contribution in [-0.4, -0.2) is 7.11 Å². The molecule has 0 radical (unpaired) electrons. The molecule has 5 heteroatoms. The second kappa shape index (κ2) is 6.31.